The van der Waals surface area contributed by atoms with Gasteiger partial charge >= 0.3 is 0 Å². The summed E-state index contributed by atoms with van der Waals surface area (Å²) >= 11 is 5.48. The van der Waals surface area contributed by atoms with E-state index >= 15 is 0 Å². The molecule has 0 aliphatic carbocycles. The number of halogens is 1. The van der Waals surface area contributed by atoms with Gasteiger partial charge in [0.2, 0.25) is 0 Å². The molecule has 0 amide bonds. The Morgan fingerprint density at radius 3 is 2.42 bits per heavy atom. The predicted molar refractivity (Wildman–Crippen MR) is 48.7 cm³/mol. The molecule has 0 spiro atoms. The van der Waals surface area contributed by atoms with E-state index in [-0.39, 0.29) is 5.88 Å². The highest BCUT2D eigenvalue weighted by molar-refractivity contribution is 6.18. The lowest BCUT2D eigenvalue weighted by molar-refractivity contribution is 0.202. The Bertz CT molecular complexity index is 233. The number of rotatable bonds is 3. The van der Waals surface area contributed by atoms with Gasteiger partial charge in [0.15, 0.2) is 0 Å². The number of ether oxygens (including phenoxy) is 1. The normalized spacial score (nSPS) is 12.6. The minimum Gasteiger partial charge on any atom is -0.497 e. The van der Waals surface area contributed by atoms with Crippen molar-refractivity contribution in [2.45, 2.75) is 6.10 Å². The molecule has 0 unspecified atom stereocenters. The van der Waals surface area contributed by atoms with E-state index in [2.05, 4.69) is 0 Å². The van der Waals surface area contributed by atoms with Crippen molar-refractivity contribution in [2.24, 2.45) is 0 Å². The van der Waals surface area contributed by atoms with Crippen LogP contribution in [0, 0.1) is 0 Å². The summed E-state index contributed by atoms with van der Waals surface area (Å²) in [6.07, 6.45) is -0.586. The quantitative estimate of drug-likeness (QED) is 0.732. The molecule has 66 valence electrons. The van der Waals surface area contributed by atoms with E-state index in [0.29, 0.717) is 0 Å². The molecule has 0 saturated heterocycles. The summed E-state index contributed by atoms with van der Waals surface area (Å²) in [6, 6.07) is 7.19. The maximum Gasteiger partial charge on any atom is 0.118 e. The first kappa shape index (κ1) is 9.36. The Balaban J connectivity index is 2.77. The molecule has 12 heavy (non-hydrogen) atoms. The van der Waals surface area contributed by atoms with Crippen molar-refractivity contribution in [3.05, 3.63) is 29.8 Å². The van der Waals surface area contributed by atoms with Gasteiger partial charge in [-0.15, -0.1) is 11.6 Å². The average molecular weight is 187 g/mol. The highest BCUT2D eigenvalue weighted by atomic mass is 35.5. The van der Waals surface area contributed by atoms with Gasteiger partial charge in [-0.1, -0.05) is 12.1 Å². The van der Waals surface area contributed by atoms with E-state index in [0.717, 1.165) is 11.3 Å². The molecule has 3 heteroatoms. The van der Waals surface area contributed by atoms with Crippen LogP contribution in [0.5, 0.6) is 5.75 Å². The molecule has 0 aromatic heterocycles. The minimum atomic E-state index is -0.586. The number of aliphatic hydroxyl groups excluding tert-OH is 1. The lowest BCUT2D eigenvalue weighted by Crippen LogP contribution is -1.97. The van der Waals surface area contributed by atoms with Crippen molar-refractivity contribution in [3.8, 4) is 5.75 Å². The fraction of sp³-hybridized carbons (Fsp3) is 0.333. The topological polar surface area (TPSA) is 29.5 Å². The first-order valence-corrected chi connectivity index (χ1v) is 4.19. The second-order valence-electron chi connectivity index (χ2n) is 2.44. The first-order valence-electron chi connectivity index (χ1n) is 3.66. The molecule has 1 rings (SSSR count). The molecule has 0 radical (unpaired) electrons. The number of hydrogen-bond donors (Lipinski definition) is 1. The Hall–Kier alpha value is -0.730. The van der Waals surface area contributed by atoms with Gasteiger partial charge in [0.1, 0.15) is 5.75 Å². The van der Waals surface area contributed by atoms with Crippen LogP contribution in [0.4, 0.5) is 0 Å². The average Bonchev–Trinajstić information content (AvgIpc) is 2.17. The van der Waals surface area contributed by atoms with Gasteiger partial charge in [0.25, 0.3) is 0 Å². The van der Waals surface area contributed by atoms with Crippen molar-refractivity contribution in [3.63, 3.8) is 0 Å². The van der Waals surface area contributed by atoms with E-state index < -0.39 is 6.10 Å². The Morgan fingerprint density at radius 2 is 2.00 bits per heavy atom. The zero-order chi connectivity index (χ0) is 8.97. The largest absolute Gasteiger partial charge is 0.497 e. The van der Waals surface area contributed by atoms with Crippen LogP contribution in [0.1, 0.15) is 11.7 Å². The Kier molecular flexibility index (Phi) is 3.38. The Morgan fingerprint density at radius 1 is 1.42 bits per heavy atom. The SMILES string of the molecule is COc1ccc([C@@H](O)CCl)cc1. The summed E-state index contributed by atoms with van der Waals surface area (Å²) in [7, 11) is 1.60. The number of benzene rings is 1. The lowest BCUT2D eigenvalue weighted by Gasteiger charge is -2.07. The molecule has 0 heterocycles. The van der Waals surface area contributed by atoms with E-state index in [9.17, 15) is 5.11 Å². The van der Waals surface area contributed by atoms with Crippen LogP contribution in [-0.2, 0) is 0 Å². The zero-order valence-electron chi connectivity index (χ0n) is 6.83. The third-order valence-electron chi connectivity index (χ3n) is 1.65. The second-order valence-corrected chi connectivity index (χ2v) is 2.75. The van der Waals surface area contributed by atoms with Gasteiger partial charge < -0.3 is 9.84 Å². The van der Waals surface area contributed by atoms with Crippen molar-refractivity contribution in [1.82, 2.24) is 0 Å². The van der Waals surface area contributed by atoms with Crippen LogP contribution in [0.3, 0.4) is 0 Å². The van der Waals surface area contributed by atoms with Gasteiger partial charge in [-0.05, 0) is 17.7 Å². The first-order chi connectivity index (χ1) is 5.77. The molecule has 1 atom stereocenters. The van der Waals surface area contributed by atoms with Gasteiger partial charge in [-0.2, -0.15) is 0 Å². The highest BCUT2D eigenvalue weighted by Crippen LogP contribution is 2.17. The third kappa shape index (κ3) is 2.13. The van der Waals surface area contributed by atoms with E-state index in [1.54, 1.807) is 31.4 Å². The zero-order valence-corrected chi connectivity index (χ0v) is 7.58. The molecule has 1 aromatic carbocycles. The minimum absolute atomic E-state index is 0.215. The molecule has 0 aliphatic rings. The Labute approximate surface area is 76.7 Å². The second kappa shape index (κ2) is 4.33. The van der Waals surface area contributed by atoms with Gasteiger partial charge in [0, 0.05) is 0 Å². The predicted octanol–water partition coefficient (Wildman–Crippen LogP) is 1.97. The monoisotopic (exact) mass is 186 g/mol. The lowest BCUT2D eigenvalue weighted by atomic mass is 10.1. The fourth-order valence-electron chi connectivity index (χ4n) is 0.915. The van der Waals surface area contributed by atoms with Crippen molar-refractivity contribution >= 4 is 11.6 Å². The van der Waals surface area contributed by atoms with Crippen LogP contribution in [0.25, 0.3) is 0 Å². The molecular formula is C9H11ClO2. The maximum atomic E-state index is 9.32. The summed E-state index contributed by atoms with van der Waals surface area (Å²) in [5.74, 6) is 0.993. The van der Waals surface area contributed by atoms with E-state index in [4.69, 9.17) is 16.3 Å². The van der Waals surface area contributed by atoms with Crippen molar-refractivity contribution in [2.75, 3.05) is 13.0 Å². The number of aliphatic hydroxyl groups is 1. The fourth-order valence-corrected chi connectivity index (χ4v) is 1.09. The highest BCUT2D eigenvalue weighted by Gasteiger charge is 2.04. The van der Waals surface area contributed by atoms with Gasteiger partial charge in [-0.3, -0.25) is 0 Å². The van der Waals surface area contributed by atoms with Crippen molar-refractivity contribution in [1.29, 1.82) is 0 Å². The standard InChI is InChI=1S/C9H11ClO2/c1-12-8-4-2-7(3-5-8)9(11)6-10/h2-5,9,11H,6H2,1H3/t9-/m0/s1. The number of alkyl halides is 1. The molecule has 2 nitrogen and oxygen atoms in total. The van der Waals surface area contributed by atoms with Crippen LogP contribution in [0.15, 0.2) is 24.3 Å². The van der Waals surface area contributed by atoms with Crippen LogP contribution >= 0.6 is 11.6 Å². The summed E-state index contributed by atoms with van der Waals surface area (Å²) < 4.78 is 4.97. The molecule has 0 aliphatic heterocycles. The smallest absolute Gasteiger partial charge is 0.118 e. The number of methoxy groups -OCH3 is 1. The molecule has 0 fully saturated rings. The van der Waals surface area contributed by atoms with Crippen LogP contribution < -0.4 is 4.74 Å². The van der Waals surface area contributed by atoms with Gasteiger partial charge in [0.05, 0.1) is 19.1 Å². The van der Waals surface area contributed by atoms with E-state index in [1.165, 1.54) is 0 Å². The maximum absolute atomic E-state index is 9.32. The number of hydrogen-bond acceptors (Lipinski definition) is 2. The van der Waals surface area contributed by atoms with Crippen LogP contribution in [0.2, 0.25) is 0 Å². The molecule has 1 aromatic rings. The molecule has 0 saturated carbocycles. The molecule has 0 bridgehead atoms. The third-order valence-corrected chi connectivity index (χ3v) is 1.94. The van der Waals surface area contributed by atoms with Gasteiger partial charge in [-0.25, -0.2) is 0 Å². The summed E-state index contributed by atoms with van der Waals surface area (Å²) in [6.45, 7) is 0. The molecular weight excluding hydrogens is 176 g/mol. The van der Waals surface area contributed by atoms with Crippen LogP contribution in [-0.4, -0.2) is 18.1 Å². The summed E-state index contributed by atoms with van der Waals surface area (Å²) in [5.41, 5.74) is 0.811. The molecule has 1 N–H and O–H groups in total. The van der Waals surface area contributed by atoms with E-state index in [1.807, 2.05) is 0 Å². The van der Waals surface area contributed by atoms with Crippen molar-refractivity contribution < 1.29 is 9.84 Å². The summed E-state index contributed by atoms with van der Waals surface area (Å²) in [5, 5.41) is 9.32. The summed E-state index contributed by atoms with van der Waals surface area (Å²) in [4.78, 5) is 0.